The van der Waals surface area contributed by atoms with E-state index in [4.69, 9.17) is 14.7 Å². The van der Waals surface area contributed by atoms with Crippen LogP contribution in [0, 0.1) is 17.2 Å². The molecule has 3 heteroatoms. The Balaban J connectivity index is 2.87. The molecule has 0 aliphatic rings. The van der Waals surface area contributed by atoms with Gasteiger partial charge in [0.05, 0.1) is 26.2 Å². The van der Waals surface area contributed by atoms with Crippen molar-refractivity contribution < 1.29 is 9.47 Å². The van der Waals surface area contributed by atoms with E-state index in [9.17, 15) is 0 Å². The van der Waals surface area contributed by atoms with Crippen LogP contribution < -0.4 is 9.47 Å². The second kappa shape index (κ2) is 6.02. The summed E-state index contributed by atoms with van der Waals surface area (Å²) in [6.45, 7) is 2.02. The molecule has 3 nitrogen and oxygen atoms in total. The van der Waals surface area contributed by atoms with Crippen molar-refractivity contribution in [2.75, 3.05) is 14.2 Å². The molecule has 1 aromatic rings. The fourth-order valence-corrected chi connectivity index (χ4v) is 1.57. The Morgan fingerprint density at radius 2 is 1.94 bits per heavy atom. The van der Waals surface area contributed by atoms with Crippen LogP contribution in [0.4, 0.5) is 0 Å². The fraction of sp³-hybridized carbons (Fsp3) is 0.462. The van der Waals surface area contributed by atoms with Gasteiger partial charge < -0.3 is 9.47 Å². The van der Waals surface area contributed by atoms with E-state index in [0.29, 0.717) is 5.75 Å². The highest BCUT2D eigenvalue weighted by Gasteiger charge is 2.09. The van der Waals surface area contributed by atoms with Crippen LogP contribution in [0.15, 0.2) is 18.2 Å². The van der Waals surface area contributed by atoms with Gasteiger partial charge in [0.15, 0.2) is 11.5 Å². The van der Waals surface area contributed by atoms with Gasteiger partial charge in [-0.2, -0.15) is 5.26 Å². The molecular formula is C13H17NO2. The van der Waals surface area contributed by atoms with Gasteiger partial charge in [-0.25, -0.2) is 0 Å². The third kappa shape index (κ3) is 2.90. The summed E-state index contributed by atoms with van der Waals surface area (Å²) in [5.74, 6) is 1.50. The molecule has 0 aromatic heterocycles. The summed E-state index contributed by atoms with van der Waals surface area (Å²) in [5.41, 5.74) is 1.10. The zero-order valence-electron chi connectivity index (χ0n) is 9.99. The highest BCUT2D eigenvalue weighted by molar-refractivity contribution is 5.43. The lowest BCUT2D eigenvalue weighted by atomic mass is 9.98. The first-order valence-electron chi connectivity index (χ1n) is 5.35. The number of ether oxygens (including phenoxy) is 2. The average Bonchev–Trinajstić information content (AvgIpc) is 2.35. The quantitative estimate of drug-likeness (QED) is 0.764. The minimum absolute atomic E-state index is 0.0677. The summed E-state index contributed by atoms with van der Waals surface area (Å²) >= 11 is 0. The Hall–Kier alpha value is -1.69. The zero-order chi connectivity index (χ0) is 12.0. The highest BCUT2D eigenvalue weighted by Crippen LogP contribution is 2.28. The number of benzene rings is 1. The third-order valence-electron chi connectivity index (χ3n) is 2.61. The Morgan fingerprint density at radius 3 is 2.44 bits per heavy atom. The van der Waals surface area contributed by atoms with E-state index in [-0.39, 0.29) is 5.92 Å². The predicted molar refractivity (Wildman–Crippen MR) is 62.6 cm³/mol. The lowest BCUT2D eigenvalue weighted by molar-refractivity contribution is 0.354. The molecule has 1 unspecified atom stereocenters. The molecule has 0 heterocycles. The van der Waals surface area contributed by atoms with Gasteiger partial charge >= 0.3 is 0 Å². The second-order valence-corrected chi connectivity index (χ2v) is 3.63. The molecule has 0 aliphatic carbocycles. The summed E-state index contributed by atoms with van der Waals surface area (Å²) in [6.07, 6.45) is 1.62. The van der Waals surface area contributed by atoms with Crippen LogP contribution >= 0.6 is 0 Å². The van der Waals surface area contributed by atoms with Crippen molar-refractivity contribution in [3.63, 3.8) is 0 Å². The van der Waals surface area contributed by atoms with Gasteiger partial charge in [-0.05, 0) is 30.5 Å². The van der Waals surface area contributed by atoms with Crippen LogP contribution in [0.5, 0.6) is 11.5 Å². The standard InChI is InChI=1S/C13H17NO2/c1-4-10(9-14)7-11-5-6-12(15-2)13(8-11)16-3/h5-6,8,10H,4,7H2,1-3H3. The fourth-order valence-electron chi connectivity index (χ4n) is 1.57. The molecule has 0 aliphatic heterocycles. The highest BCUT2D eigenvalue weighted by atomic mass is 16.5. The van der Waals surface area contributed by atoms with Crippen molar-refractivity contribution in [3.05, 3.63) is 23.8 Å². The Labute approximate surface area is 96.6 Å². The van der Waals surface area contributed by atoms with E-state index in [1.807, 2.05) is 25.1 Å². The van der Waals surface area contributed by atoms with Gasteiger partial charge in [0, 0.05) is 0 Å². The number of rotatable bonds is 5. The lowest BCUT2D eigenvalue weighted by Gasteiger charge is -2.11. The number of hydrogen-bond donors (Lipinski definition) is 0. The molecule has 0 bridgehead atoms. The summed E-state index contributed by atoms with van der Waals surface area (Å²) in [5, 5.41) is 8.91. The number of hydrogen-bond acceptors (Lipinski definition) is 3. The maximum Gasteiger partial charge on any atom is 0.160 e. The second-order valence-electron chi connectivity index (χ2n) is 3.63. The summed E-state index contributed by atoms with van der Waals surface area (Å²) < 4.78 is 10.4. The molecule has 0 saturated carbocycles. The van der Waals surface area contributed by atoms with Crippen LogP contribution in [0.2, 0.25) is 0 Å². The Kier molecular flexibility index (Phi) is 4.65. The van der Waals surface area contributed by atoms with Crippen molar-refractivity contribution in [1.82, 2.24) is 0 Å². The first-order valence-corrected chi connectivity index (χ1v) is 5.35. The topological polar surface area (TPSA) is 42.2 Å². The van der Waals surface area contributed by atoms with Crippen molar-refractivity contribution in [2.45, 2.75) is 19.8 Å². The number of methoxy groups -OCH3 is 2. The predicted octanol–water partition coefficient (Wildman–Crippen LogP) is 2.80. The number of nitriles is 1. The summed E-state index contributed by atoms with van der Waals surface area (Å²) in [4.78, 5) is 0. The molecule has 1 aromatic carbocycles. The molecule has 16 heavy (non-hydrogen) atoms. The van der Waals surface area contributed by atoms with Gasteiger partial charge in [-0.15, -0.1) is 0 Å². The van der Waals surface area contributed by atoms with Crippen molar-refractivity contribution >= 4 is 0 Å². The first kappa shape index (κ1) is 12.4. The maximum atomic E-state index is 8.91. The Bertz CT molecular complexity index is 382. The molecule has 1 rings (SSSR count). The molecule has 0 amide bonds. The van der Waals surface area contributed by atoms with Crippen molar-refractivity contribution in [2.24, 2.45) is 5.92 Å². The van der Waals surface area contributed by atoms with Gasteiger partial charge in [0.2, 0.25) is 0 Å². The van der Waals surface area contributed by atoms with E-state index >= 15 is 0 Å². The molecule has 0 radical (unpaired) electrons. The maximum absolute atomic E-state index is 8.91. The van der Waals surface area contributed by atoms with Gasteiger partial charge in [0.25, 0.3) is 0 Å². The molecule has 86 valence electrons. The molecule has 0 fully saturated rings. The van der Waals surface area contributed by atoms with Crippen LogP contribution in [-0.2, 0) is 6.42 Å². The molecular weight excluding hydrogens is 202 g/mol. The third-order valence-corrected chi connectivity index (χ3v) is 2.61. The molecule has 0 saturated heterocycles. The summed E-state index contributed by atoms with van der Waals surface area (Å²) in [7, 11) is 3.23. The van der Waals surface area contributed by atoms with Gasteiger partial charge in [-0.3, -0.25) is 0 Å². The first-order chi connectivity index (χ1) is 7.74. The van der Waals surface area contributed by atoms with Gasteiger partial charge in [0.1, 0.15) is 0 Å². The minimum atomic E-state index is 0.0677. The molecule has 0 spiro atoms. The van der Waals surface area contributed by atoms with Crippen LogP contribution in [0.1, 0.15) is 18.9 Å². The minimum Gasteiger partial charge on any atom is -0.493 e. The monoisotopic (exact) mass is 219 g/mol. The van der Waals surface area contributed by atoms with Crippen molar-refractivity contribution in [1.29, 1.82) is 5.26 Å². The van der Waals surface area contributed by atoms with Crippen molar-refractivity contribution in [3.8, 4) is 17.6 Å². The normalized spacial score (nSPS) is 11.6. The van der Waals surface area contributed by atoms with E-state index in [0.717, 1.165) is 24.2 Å². The van der Waals surface area contributed by atoms with E-state index < -0.39 is 0 Å². The average molecular weight is 219 g/mol. The van der Waals surface area contributed by atoms with E-state index in [2.05, 4.69) is 6.07 Å². The molecule has 1 atom stereocenters. The summed E-state index contributed by atoms with van der Waals surface area (Å²) in [6, 6.07) is 8.07. The zero-order valence-corrected chi connectivity index (χ0v) is 9.99. The lowest BCUT2D eigenvalue weighted by Crippen LogP contribution is -2.01. The Morgan fingerprint density at radius 1 is 1.25 bits per heavy atom. The van der Waals surface area contributed by atoms with Gasteiger partial charge in [-0.1, -0.05) is 13.0 Å². The number of nitrogens with zero attached hydrogens (tertiary/aromatic N) is 1. The largest absolute Gasteiger partial charge is 0.493 e. The van der Waals surface area contributed by atoms with Crippen LogP contribution in [-0.4, -0.2) is 14.2 Å². The van der Waals surface area contributed by atoms with Crippen LogP contribution in [0.3, 0.4) is 0 Å². The smallest absolute Gasteiger partial charge is 0.160 e. The van der Waals surface area contributed by atoms with E-state index in [1.165, 1.54) is 0 Å². The van der Waals surface area contributed by atoms with E-state index in [1.54, 1.807) is 14.2 Å². The molecule has 0 N–H and O–H groups in total. The van der Waals surface area contributed by atoms with Crippen LogP contribution in [0.25, 0.3) is 0 Å². The SMILES string of the molecule is CCC(C#N)Cc1ccc(OC)c(OC)c1.